The summed E-state index contributed by atoms with van der Waals surface area (Å²) in [5.74, 6) is 2.46. The first-order valence-electron chi connectivity index (χ1n) is 17.9. The van der Waals surface area contributed by atoms with E-state index in [9.17, 15) is 5.11 Å². The van der Waals surface area contributed by atoms with E-state index in [0.29, 0.717) is 11.6 Å². The van der Waals surface area contributed by atoms with Crippen LogP contribution in [0.15, 0.2) is 84.9 Å². The third-order valence-corrected chi connectivity index (χ3v) is 10.3. The number of para-hydroxylation sites is 4. The van der Waals surface area contributed by atoms with Crippen LogP contribution in [0.2, 0.25) is 0 Å². The number of nitrogens with zero attached hydrogens (tertiary/aromatic N) is 7. The van der Waals surface area contributed by atoms with Crippen LogP contribution >= 0.6 is 0 Å². The minimum atomic E-state index is -0.262. The zero-order valence-corrected chi connectivity index (χ0v) is 33.7. The Hall–Kier alpha value is -5.07. The molecule has 9 aromatic rings. The monoisotopic (exact) mass is 879 g/mol. The van der Waals surface area contributed by atoms with Crippen LogP contribution in [-0.2, 0) is 37.3 Å². The Morgan fingerprint density at radius 2 is 1.04 bits per heavy atom. The first-order valence-corrected chi connectivity index (χ1v) is 17.9. The van der Waals surface area contributed by atoms with Gasteiger partial charge in [-0.3, -0.25) is 14.4 Å². The number of aromatic hydroxyl groups is 1. The number of benzene rings is 4. The van der Waals surface area contributed by atoms with Crippen molar-refractivity contribution in [3.63, 3.8) is 0 Å². The van der Waals surface area contributed by atoms with E-state index in [1.54, 1.807) is 0 Å². The van der Waals surface area contributed by atoms with Gasteiger partial charge in [-0.15, -0.1) is 23.8 Å². The van der Waals surface area contributed by atoms with Gasteiger partial charge in [-0.05, 0) is 75.0 Å². The molecule has 4 aromatic carbocycles. The second-order valence-corrected chi connectivity index (χ2v) is 17.1. The molecule has 0 saturated carbocycles. The van der Waals surface area contributed by atoms with Gasteiger partial charge >= 0.3 is 0 Å². The maximum atomic E-state index is 11.9. The summed E-state index contributed by atoms with van der Waals surface area (Å²) in [6.45, 7) is 19.7. The Kier molecular flexibility index (Phi) is 7.73. The van der Waals surface area contributed by atoms with E-state index in [-0.39, 0.29) is 43.1 Å². The Morgan fingerprint density at radius 3 is 1.60 bits per heavy atom. The molecule has 5 heterocycles. The van der Waals surface area contributed by atoms with E-state index in [1.807, 2.05) is 48.5 Å². The van der Waals surface area contributed by atoms with Gasteiger partial charge in [0.2, 0.25) is 17.3 Å². The molecule has 5 aromatic heterocycles. The van der Waals surface area contributed by atoms with Gasteiger partial charge in [0.25, 0.3) is 0 Å². The maximum Gasteiger partial charge on any atom is 0.225 e. The maximum absolute atomic E-state index is 11.9. The van der Waals surface area contributed by atoms with E-state index in [2.05, 4.69) is 118 Å². The normalized spacial score (nSPS) is 12.9. The minimum absolute atomic E-state index is 0. The summed E-state index contributed by atoms with van der Waals surface area (Å²) in [6, 6.07) is 32.7. The number of imidazole rings is 3. The van der Waals surface area contributed by atoms with Gasteiger partial charge in [-0.2, -0.15) is 0 Å². The summed E-state index contributed by atoms with van der Waals surface area (Å²) in [6.07, 6.45) is 0. The molecule has 0 spiro atoms. The number of fused-ring (bicyclic) bond motifs is 12. The van der Waals surface area contributed by atoms with Crippen molar-refractivity contribution in [2.24, 2.45) is 0 Å². The topological polar surface area (TPSA) is 85.0 Å². The average molecular weight is 880 g/mol. The second-order valence-electron chi connectivity index (χ2n) is 17.1. The van der Waals surface area contributed by atoms with Crippen LogP contribution in [0.1, 0.15) is 79.0 Å². The average Bonchev–Trinajstić information content (AvgIpc) is 3.77. The summed E-state index contributed by atoms with van der Waals surface area (Å²) in [7, 11) is 0. The fourth-order valence-electron chi connectivity index (χ4n) is 7.28. The number of hydrogen-bond acceptors (Lipinski definition) is 5. The van der Waals surface area contributed by atoms with Crippen molar-refractivity contribution < 1.29 is 26.2 Å². The largest absolute Gasteiger partial charge is 0.507 e. The quantitative estimate of drug-likeness (QED) is 0.175. The van der Waals surface area contributed by atoms with E-state index in [4.69, 9.17) is 19.9 Å². The molecule has 0 aliphatic heterocycles. The van der Waals surface area contributed by atoms with E-state index < -0.39 is 0 Å². The van der Waals surface area contributed by atoms with Gasteiger partial charge < -0.3 is 5.11 Å². The van der Waals surface area contributed by atoms with Gasteiger partial charge in [0.1, 0.15) is 5.75 Å². The van der Waals surface area contributed by atoms with Crippen molar-refractivity contribution in [2.75, 3.05) is 0 Å². The molecule has 53 heavy (non-hydrogen) atoms. The molecule has 0 radical (unpaired) electrons. The first-order chi connectivity index (χ1) is 24.6. The fourth-order valence-corrected chi connectivity index (χ4v) is 7.28. The third kappa shape index (κ3) is 5.44. The molecular weight excluding hydrogens is 838 g/mol. The van der Waals surface area contributed by atoms with E-state index >= 15 is 0 Å². The summed E-state index contributed by atoms with van der Waals surface area (Å²) in [5.41, 5.74) is 11.0. The van der Waals surface area contributed by atoms with Crippen molar-refractivity contribution in [3.8, 4) is 28.3 Å². The number of pyridine rings is 1. The minimum Gasteiger partial charge on any atom is -0.507 e. The van der Waals surface area contributed by atoms with E-state index in [0.717, 1.165) is 78.1 Å². The molecule has 0 aliphatic rings. The molecule has 9 rings (SSSR count). The summed E-state index contributed by atoms with van der Waals surface area (Å²) < 4.78 is 6.30. The molecule has 0 bridgehead atoms. The predicted molar refractivity (Wildman–Crippen MR) is 210 cm³/mol. The number of rotatable bonds is 2. The number of phenolic OH excluding ortho intramolecular Hbond substituents is 1. The smallest absolute Gasteiger partial charge is 0.225 e. The number of aromatic nitrogens is 7. The molecule has 8 nitrogen and oxygen atoms in total. The van der Waals surface area contributed by atoms with Crippen LogP contribution in [0.4, 0.5) is 0 Å². The summed E-state index contributed by atoms with van der Waals surface area (Å²) in [4.78, 5) is 20.6. The third-order valence-electron chi connectivity index (χ3n) is 10.3. The zero-order chi connectivity index (χ0) is 36.5. The zero-order valence-electron chi connectivity index (χ0n) is 31.5. The van der Waals surface area contributed by atoms with Crippen LogP contribution in [0.5, 0.6) is 5.75 Å². The van der Waals surface area contributed by atoms with Gasteiger partial charge in [0.15, 0.2) is 0 Å². The Labute approximate surface area is 322 Å². The standard InChI is InChI=1S/C44H42N7O.Pt/c1-42(2,3)26-21-28(38(52)29(22-26)44(7,8)9)34-24-27(43(4,5)6)23-33(45-34)25-18-19-32-37(20-25)51-40-47-31-15-11-13-17-36(31)49(40)39-46-30-14-10-12-16-35(30)50(39)41(51)48-32;/h10-19,21-24,52H,1-9H3;/q-1;. The van der Waals surface area contributed by atoms with Crippen LogP contribution in [0, 0.1) is 6.07 Å². The fraction of sp³-hybridized carbons (Fsp3) is 0.273. The van der Waals surface area contributed by atoms with Crippen molar-refractivity contribution in [3.05, 3.63) is 108 Å². The van der Waals surface area contributed by atoms with Crippen molar-refractivity contribution in [1.29, 1.82) is 0 Å². The van der Waals surface area contributed by atoms with Gasteiger partial charge in [0.05, 0.1) is 27.8 Å². The van der Waals surface area contributed by atoms with Gasteiger partial charge in [0, 0.05) is 37.7 Å². The Bertz CT molecular complexity index is 2890. The number of hydrogen-bond donors (Lipinski definition) is 1. The first kappa shape index (κ1) is 35.0. The predicted octanol–water partition coefficient (Wildman–Crippen LogP) is 10.2. The van der Waals surface area contributed by atoms with Crippen LogP contribution in [0.3, 0.4) is 0 Å². The molecule has 0 amide bonds. The molecule has 270 valence electrons. The molecule has 0 aliphatic carbocycles. The van der Waals surface area contributed by atoms with Gasteiger partial charge in [-0.25, -0.2) is 18.8 Å². The van der Waals surface area contributed by atoms with Gasteiger partial charge in [-0.1, -0.05) is 98.7 Å². The second kappa shape index (κ2) is 11.7. The van der Waals surface area contributed by atoms with Crippen LogP contribution < -0.4 is 0 Å². The molecule has 0 atom stereocenters. The Balaban J connectivity index is 0.00000400. The van der Waals surface area contributed by atoms with Crippen LogP contribution in [0.25, 0.3) is 72.9 Å². The van der Waals surface area contributed by atoms with Crippen molar-refractivity contribution in [1.82, 2.24) is 33.1 Å². The van der Waals surface area contributed by atoms with Crippen molar-refractivity contribution in [2.45, 2.75) is 78.6 Å². The molecule has 0 unspecified atom stereocenters. The molecular formula is C44H42N7OPt-. The molecule has 9 heteroatoms. The molecule has 1 N–H and O–H groups in total. The SMILES string of the molecule is CC(C)(C)c1cc(-c2[c-]c3c(cc2)nc2n3c3nc4ccccc4n3c3nc4ccccc4n23)nc(-c2cc(C(C)(C)C)cc(C(C)(C)C)c2O)c1.[Pt]. The summed E-state index contributed by atoms with van der Waals surface area (Å²) >= 11 is 0. The van der Waals surface area contributed by atoms with Crippen LogP contribution in [-0.4, -0.2) is 38.2 Å². The van der Waals surface area contributed by atoms with E-state index in [1.165, 1.54) is 0 Å². The molecule has 0 fully saturated rings. The molecule has 0 saturated heterocycles. The Morgan fingerprint density at radius 1 is 0.528 bits per heavy atom. The number of phenols is 1. The summed E-state index contributed by atoms with van der Waals surface area (Å²) in [5, 5.41) is 11.9. The van der Waals surface area contributed by atoms with Crippen molar-refractivity contribution >= 4 is 50.4 Å².